The molecule has 2 N–H and O–H groups in total. The lowest BCUT2D eigenvalue weighted by Gasteiger charge is -2.21. The molecule has 3 aromatic rings. The number of carbonyl (C=O) groups is 2. The van der Waals surface area contributed by atoms with Crippen LogP contribution in [-0.4, -0.2) is 27.8 Å². The van der Waals surface area contributed by atoms with Crippen LogP contribution in [0, 0.1) is 0 Å². The Hall–Kier alpha value is -3.51. The number of esters is 1. The van der Waals surface area contributed by atoms with Crippen LogP contribution < -0.4 is 4.74 Å². The summed E-state index contributed by atoms with van der Waals surface area (Å²) < 4.78 is 11.2. The van der Waals surface area contributed by atoms with Gasteiger partial charge >= 0.3 is 11.9 Å². The molecule has 7 heteroatoms. The van der Waals surface area contributed by atoms with Gasteiger partial charge in [0.05, 0.1) is 11.4 Å². The van der Waals surface area contributed by atoms with E-state index in [1.165, 1.54) is 6.07 Å². The molecule has 0 spiro atoms. The lowest BCUT2D eigenvalue weighted by Crippen LogP contribution is -2.25. The van der Waals surface area contributed by atoms with Crippen LogP contribution in [0.1, 0.15) is 42.3 Å². The smallest absolute Gasteiger partial charge is 0.342 e. The highest BCUT2D eigenvalue weighted by Crippen LogP contribution is 2.32. The highest BCUT2D eigenvalue weighted by atomic mass is 35.5. The van der Waals surface area contributed by atoms with Gasteiger partial charge in [-0.25, -0.2) is 4.79 Å². The molecule has 0 saturated heterocycles. The standard InChI is InChI=1S/C26H25ClO6/c1-26(2,3)33-25(31)23-19(10-13-21(27)24(23)30)15-32-20-11-8-18(9-12-20)17-6-4-16(5-7-17)14-22(28)29/h4-13,30H,14-15H2,1-3H3,(H,28,29). The Morgan fingerprint density at radius 2 is 1.48 bits per heavy atom. The van der Waals surface area contributed by atoms with Crippen molar-refractivity contribution in [3.05, 3.63) is 82.4 Å². The van der Waals surface area contributed by atoms with Crippen molar-refractivity contribution in [3.8, 4) is 22.6 Å². The average Bonchev–Trinajstić information content (AvgIpc) is 2.74. The Morgan fingerprint density at radius 3 is 2.03 bits per heavy atom. The van der Waals surface area contributed by atoms with Crippen LogP contribution in [0.15, 0.2) is 60.7 Å². The zero-order valence-corrected chi connectivity index (χ0v) is 19.3. The number of aliphatic carboxylic acids is 1. The first-order valence-corrected chi connectivity index (χ1v) is 10.7. The Bertz CT molecular complexity index is 1150. The number of hydrogen-bond donors (Lipinski definition) is 2. The second kappa shape index (κ2) is 9.96. The summed E-state index contributed by atoms with van der Waals surface area (Å²) in [5.74, 6) is -1.31. The van der Waals surface area contributed by atoms with Gasteiger partial charge in [0.2, 0.25) is 0 Å². The molecule has 0 aliphatic carbocycles. The molecule has 172 valence electrons. The van der Waals surface area contributed by atoms with E-state index in [0.29, 0.717) is 11.3 Å². The minimum absolute atomic E-state index is 0.0153. The molecule has 0 unspecified atom stereocenters. The van der Waals surface area contributed by atoms with Gasteiger partial charge < -0.3 is 19.7 Å². The number of aromatic hydroxyl groups is 1. The largest absolute Gasteiger partial charge is 0.505 e. The van der Waals surface area contributed by atoms with Crippen LogP contribution in [0.3, 0.4) is 0 Å². The summed E-state index contributed by atoms with van der Waals surface area (Å²) in [6, 6.07) is 17.8. The molecule has 0 aromatic heterocycles. The minimum Gasteiger partial charge on any atom is -0.505 e. The maximum absolute atomic E-state index is 12.6. The number of benzene rings is 3. The van der Waals surface area contributed by atoms with E-state index >= 15 is 0 Å². The number of halogens is 1. The number of carbonyl (C=O) groups excluding carboxylic acids is 1. The Kier molecular flexibility index (Phi) is 7.29. The van der Waals surface area contributed by atoms with E-state index in [0.717, 1.165) is 16.7 Å². The predicted molar refractivity (Wildman–Crippen MR) is 126 cm³/mol. The average molecular weight is 469 g/mol. The first kappa shape index (κ1) is 24.1. The maximum atomic E-state index is 12.6. The number of hydrogen-bond acceptors (Lipinski definition) is 5. The monoisotopic (exact) mass is 468 g/mol. The van der Waals surface area contributed by atoms with Crippen LogP contribution in [0.25, 0.3) is 11.1 Å². The molecule has 0 saturated carbocycles. The van der Waals surface area contributed by atoms with Gasteiger partial charge in [0, 0.05) is 5.56 Å². The third-order valence-corrected chi connectivity index (χ3v) is 5.01. The molecule has 0 aliphatic rings. The topological polar surface area (TPSA) is 93.1 Å². The molecule has 33 heavy (non-hydrogen) atoms. The molecule has 0 amide bonds. The van der Waals surface area contributed by atoms with Crippen LogP contribution >= 0.6 is 11.6 Å². The molecule has 3 aromatic carbocycles. The summed E-state index contributed by atoms with van der Waals surface area (Å²) in [5.41, 5.74) is 2.33. The number of phenols is 1. The molecule has 0 fully saturated rings. The van der Waals surface area contributed by atoms with Crippen LogP contribution in [0.4, 0.5) is 0 Å². The first-order valence-electron chi connectivity index (χ1n) is 10.3. The Morgan fingerprint density at radius 1 is 0.909 bits per heavy atom. The van der Waals surface area contributed by atoms with E-state index in [9.17, 15) is 14.7 Å². The van der Waals surface area contributed by atoms with Gasteiger partial charge in [0.15, 0.2) is 0 Å². The third kappa shape index (κ3) is 6.49. The number of carboxylic acids is 1. The SMILES string of the molecule is CC(C)(C)OC(=O)c1c(COc2ccc(-c3ccc(CC(=O)O)cc3)cc2)ccc(Cl)c1O. The molecule has 6 nitrogen and oxygen atoms in total. The van der Waals surface area contributed by atoms with Crippen molar-refractivity contribution in [1.29, 1.82) is 0 Å². The summed E-state index contributed by atoms with van der Waals surface area (Å²) >= 11 is 6.00. The van der Waals surface area contributed by atoms with Gasteiger partial charge in [0.1, 0.15) is 29.3 Å². The van der Waals surface area contributed by atoms with Crippen molar-refractivity contribution in [2.75, 3.05) is 0 Å². The summed E-state index contributed by atoms with van der Waals surface area (Å²) in [6.07, 6.45) is -0.0153. The van der Waals surface area contributed by atoms with E-state index in [4.69, 9.17) is 26.2 Å². The fourth-order valence-electron chi connectivity index (χ4n) is 3.18. The number of phenolic OH excluding ortho intramolecular Hbond substituents is 1. The quantitative estimate of drug-likeness (QED) is 0.421. The molecule has 3 rings (SSSR count). The Balaban J connectivity index is 1.73. The third-order valence-electron chi connectivity index (χ3n) is 4.71. The van der Waals surface area contributed by atoms with Crippen molar-refractivity contribution in [3.63, 3.8) is 0 Å². The van der Waals surface area contributed by atoms with Gasteiger partial charge in [-0.1, -0.05) is 54.1 Å². The number of ether oxygens (including phenoxy) is 2. The highest BCUT2D eigenvalue weighted by molar-refractivity contribution is 6.32. The second-order valence-electron chi connectivity index (χ2n) is 8.51. The van der Waals surface area contributed by atoms with Crippen LogP contribution in [0.2, 0.25) is 5.02 Å². The Labute approximate surface area is 197 Å². The summed E-state index contributed by atoms with van der Waals surface area (Å²) in [4.78, 5) is 23.4. The second-order valence-corrected chi connectivity index (χ2v) is 8.92. The van der Waals surface area contributed by atoms with Crippen molar-refractivity contribution in [1.82, 2.24) is 0 Å². The summed E-state index contributed by atoms with van der Waals surface area (Å²) in [7, 11) is 0. The highest BCUT2D eigenvalue weighted by Gasteiger charge is 2.25. The molecule has 0 aliphatic heterocycles. The van der Waals surface area contributed by atoms with Crippen LogP contribution in [0.5, 0.6) is 11.5 Å². The van der Waals surface area contributed by atoms with Crippen molar-refractivity contribution < 1.29 is 29.3 Å². The summed E-state index contributed by atoms with van der Waals surface area (Å²) in [5, 5.41) is 19.3. The number of rotatable bonds is 7. The molecular weight excluding hydrogens is 444 g/mol. The lowest BCUT2D eigenvalue weighted by atomic mass is 10.0. The van der Waals surface area contributed by atoms with Crippen molar-refractivity contribution in [2.45, 2.75) is 39.4 Å². The van der Waals surface area contributed by atoms with E-state index < -0.39 is 17.5 Å². The summed E-state index contributed by atoms with van der Waals surface area (Å²) in [6.45, 7) is 5.25. The van der Waals surface area contributed by atoms with E-state index in [2.05, 4.69) is 0 Å². The maximum Gasteiger partial charge on any atom is 0.342 e. The van der Waals surface area contributed by atoms with Gasteiger partial charge in [-0.15, -0.1) is 0 Å². The van der Waals surface area contributed by atoms with Gasteiger partial charge in [-0.05, 0) is 55.7 Å². The van der Waals surface area contributed by atoms with Gasteiger partial charge in [0.25, 0.3) is 0 Å². The lowest BCUT2D eigenvalue weighted by molar-refractivity contribution is -0.136. The minimum atomic E-state index is -0.868. The van der Waals surface area contributed by atoms with Crippen LogP contribution in [-0.2, 0) is 22.6 Å². The fourth-order valence-corrected chi connectivity index (χ4v) is 3.34. The molecular formula is C26H25ClO6. The van der Waals surface area contributed by atoms with E-state index in [1.807, 2.05) is 24.3 Å². The zero-order chi connectivity index (χ0) is 24.2. The molecule has 0 radical (unpaired) electrons. The van der Waals surface area contributed by atoms with E-state index in [-0.39, 0.29) is 29.4 Å². The number of carboxylic acid groups (broad SMARTS) is 1. The van der Waals surface area contributed by atoms with E-state index in [1.54, 1.807) is 51.1 Å². The zero-order valence-electron chi connectivity index (χ0n) is 18.6. The molecule has 0 bridgehead atoms. The molecule has 0 heterocycles. The van der Waals surface area contributed by atoms with Crippen molar-refractivity contribution in [2.24, 2.45) is 0 Å². The normalized spacial score (nSPS) is 11.2. The predicted octanol–water partition coefficient (Wildman–Crippen LogP) is 5.87. The molecule has 0 atom stereocenters. The first-order chi connectivity index (χ1) is 15.5. The fraction of sp³-hybridized carbons (Fsp3) is 0.231. The van der Waals surface area contributed by atoms with Gasteiger partial charge in [-0.3, -0.25) is 4.79 Å². The van der Waals surface area contributed by atoms with Crippen molar-refractivity contribution >= 4 is 23.5 Å². The van der Waals surface area contributed by atoms with Gasteiger partial charge in [-0.2, -0.15) is 0 Å².